The highest BCUT2D eigenvalue weighted by atomic mass is 127. The molecule has 0 radical (unpaired) electrons. The van der Waals surface area contributed by atoms with Gasteiger partial charge in [-0.3, -0.25) is 4.90 Å². The van der Waals surface area contributed by atoms with Crippen molar-refractivity contribution in [2.75, 3.05) is 32.8 Å². The Bertz CT molecular complexity index is 735. The van der Waals surface area contributed by atoms with E-state index in [1.807, 2.05) is 18.2 Å². The second-order valence-corrected chi connectivity index (χ2v) is 7.10. The maximum atomic E-state index is 9.79. The van der Waals surface area contributed by atoms with Gasteiger partial charge in [0.15, 0.2) is 5.96 Å². The molecule has 0 saturated heterocycles. The Balaban J connectivity index is 0.00000450. The number of guanidine groups is 1. The average molecular weight is 524 g/mol. The van der Waals surface area contributed by atoms with Gasteiger partial charge in [0.05, 0.1) is 13.2 Å². The first kappa shape index (κ1) is 26.4. The molecule has 5 nitrogen and oxygen atoms in total. The number of benzene rings is 2. The van der Waals surface area contributed by atoms with E-state index in [4.69, 9.17) is 4.99 Å². The number of aliphatic hydroxyl groups excluding tert-OH is 1. The highest BCUT2D eigenvalue weighted by molar-refractivity contribution is 14.0. The van der Waals surface area contributed by atoms with Crippen LogP contribution in [-0.4, -0.2) is 48.8 Å². The van der Waals surface area contributed by atoms with E-state index in [1.165, 1.54) is 11.1 Å². The molecular formula is C24H37IN4O. The van der Waals surface area contributed by atoms with Gasteiger partial charge in [0.2, 0.25) is 0 Å². The van der Waals surface area contributed by atoms with E-state index >= 15 is 0 Å². The molecule has 0 amide bonds. The Morgan fingerprint density at radius 3 is 2.17 bits per heavy atom. The van der Waals surface area contributed by atoms with Gasteiger partial charge in [-0.05, 0) is 36.7 Å². The number of halogens is 1. The summed E-state index contributed by atoms with van der Waals surface area (Å²) in [6, 6.07) is 18.6. The average Bonchev–Trinajstić information content (AvgIpc) is 2.77. The third-order valence-electron chi connectivity index (χ3n) is 5.17. The van der Waals surface area contributed by atoms with Crippen LogP contribution in [-0.2, 0) is 13.1 Å². The summed E-state index contributed by atoms with van der Waals surface area (Å²) in [5, 5.41) is 16.5. The maximum Gasteiger partial charge on any atom is 0.191 e. The Morgan fingerprint density at radius 2 is 1.57 bits per heavy atom. The van der Waals surface area contributed by atoms with Crippen molar-refractivity contribution in [3.63, 3.8) is 0 Å². The quantitative estimate of drug-likeness (QED) is 0.237. The van der Waals surface area contributed by atoms with Crippen LogP contribution in [0, 0.1) is 0 Å². The van der Waals surface area contributed by atoms with Gasteiger partial charge >= 0.3 is 0 Å². The van der Waals surface area contributed by atoms with Crippen LogP contribution < -0.4 is 10.6 Å². The molecule has 0 aromatic heterocycles. The van der Waals surface area contributed by atoms with Crippen LogP contribution >= 0.6 is 24.0 Å². The van der Waals surface area contributed by atoms with Gasteiger partial charge in [0.25, 0.3) is 0 Å². The number of hydrogen-bond acceptors (Lipinski definition) is 3. The van der Waals surface area contributed by atoms with Gasteiger partial charge in [0, 0.05) is 25.6 Å². The minimum absolute atomic E-state index is 0. The number of rotatable bonds is 11. The number of nitrogens with zero attached hydrogens (tertiary/aromatic N) is 2. The summed E-state index contributed by atoms with van der Waals surface area (Å²) in [7, 11) is 0. The summed E-state index contributed by atoms with van der Waals surface area (Å²) in [5.41, 5.74) is 3.70. The van der Waals surface area contributed by atoms with Crippen molar-refractivity contribution < 1.29 is 5.11 Å². The number of aliphatic hydroxyl groups is 1. The zero-order valence-corrected chi connectivity index (χ0v) is 20.8. The predicted molar refractivity (Wildman–Crippen MR) is 138 cm³/mol. The van der Waals surface area contributed by atoms with Gasteiger partial charge in [-0.15, -0.1) is 24.0 Å². The van der Waals surface area contributed by atoms with Crippen LogP contribution in [0.5, 0.6) is 0 Å². The summed E-state index contributed by atoms with van der Waals surface area (Å²) in [5.74, 6) is 0.814. The largest absolute Gasteiger partial charge is 0.396 e. The first-order valence-electron chi connectivity index (χ1n) is 10.7. The van der Waals surface area contributed by atoms with Gasteiger partial charge in [-0.25, -0.2) is 4.99 Å². The normalized spacial score (nSPS) is 12.4. The van der Waals surface area contributed by atoms with E-state index in [0.717, 1.165) is 37.7 Å². The van der Waals surface area contributed by atoms with E-state index < -0.39 is 0 Å². The van der Waals surface area contributed by atoms with Crippen molar-refractivity contribution in [2.24, 2.45) is 4.99 Å². The summed E-state index contributed by atoms with van der Waals surface area (Å²) >= 11 is 0. The lowest BCUT2D eigenvalue weighted by molar-refractivity contribution is 0.265. The van der Waals surface area contributed by atoms with Gasteiger partial charge < -0.3 is 15.7 Å². The van der Waals surface area contributed by atoms with Crippen LogP contribution in [0.2, 0.25) is 0 Å². The smallest absolute Gasteiger partial charge is 0.191 e. The number of aliphatic imine (C=N–C) groups is 1. The van der Waals surface area contributed by atoms with E-state index in [9.17, 15) is 5.11 Å². The van der Waals surface area contributed by atoms with Gasteiger partial charge in [0.1, 0.15) is 0 Å². The van der Waals surface area contributed by atoms with E-state index in [2.05, 4.69) is 72.7 Å². The fourth-order valence-corrected chi connectivity index (χ4v) is 3.29. The third-order valence-corrected chi connectivity index (χ3v) is 5.17. The minimum Gasteiger partial charge on any atom is -0.396 e. The summed E-state index contributed by atoms with van der Waals surface area (Å²) in [4.78, 5) is 7.21. The predicted octanol–water partition coefficient (Wildman–Crippen LogP) is 3.98. The van der Waals surface area contributed by atoms with Gasteiger partial charge in [-0.2, -0.15) is 0 Å². The second-order valence-electron chi connectivity index (χ2n) is 7.10. The first-order chi connectivity index (χ1) is 14.2. The molecule has 2 aromatic rings. The SMILES string of the molecule is CCNC(=NCc1ccccc1CN(CC)CC)NCC(CO)c1ccccc1.I. The van der Waals surface area contributed by atoms with Crippen LogP contribution in [0.1, 0.15) is 43.4 Å². The van der Waals surface area contributed by atoms with E-state index in [0.29, 0.717) is 13.1 Å². The van der Waals surface area contributed by atoms with Crippen molar-refractivity contribution in [3.8, 4) is 0 Å². The lowest BCUT2D eigenvalue weighted by Crippen LogP contribution is -2.40. The topological polar surface area (TPSA) is 59.9 Å². The molecule has 166 valence electrons. The molecule has 0 saturated carbocycles. The fourth-order valence-electron chi connectivity index (χ4n) is 3.29. The standard InChI is InChI=1S/C24H36N4O.HI/c1-4-25-24(27-17-23(19-29)20-12-8-7-9-13-20)26-16-21-14-10-11-15-22(21)18-28(5-2)6-3;/h7-15,23,29H,4-6,16-19H2,1-3H3,(H2,25,26,27);1H. The zero-order chi connectivity index (χ0) is 20.9. The fraction of sp³-hybridized carbons (Fsp3) is 0.458. The second kappa shape index (κ2) is 15.2. The van der Waals surface area contributed by atoms with Crippen molar-refractivity contribution in [1.82, 2.24) is 15.5 Å². The first-order valence-corrected chi connectivity index (χ1v) is 10.7. The highest BCUT2D eigenvalue weighted by Gasteiger charge is 2.11. The maximum absolute atomic E-state index is 9.79. The molecule has 0 aliphatic carbocycles. The molecule has 0 heterocycles. The molecule has 30 heavy (non-hydrogen) atoms. The zero-order valence-electron chi connectivity index (χ0n) is 18.5. The Kier molecular flexibility index (Phi) is 13.4. The molecule has 0 aliphatic rings. The molecule has 1 unspecified atom stereocenters. The molecule has 0 aliphatic heterocycles. The third kappa shape index (κ3) is 8.62. The number of nitrogens with one attached hydrogen (secondary N) is 2. The molecule has 2 rings (SSSR count). The van der Waals surface area contributed by atoms with Crippen molar-refractivity contribution in [1.29, 1.82) is 0 Å². The molecule has 0 fully saturated rings. The molecular weight excluding hydrogens is 487 g/mol. The Hall–Kier alpha value is -1.64. The Labute approximate surface area is 199 Å². The molecule has 2 aromatic carbocycles. The Morgan fingerprint density at radius 1 is 0.933 bits per heavy atom. The number of hydrogen-bond donors (Lipinski definition) is 3. The highest BCUT2D eigenvalue weighted by Crippen LogP contribution is 2.14. The molecule has 0 bridgehead atoms. The van der Waals surface area contributed by atoms with Crippen LogP contribution in [0.3, 0.4) is 0 Å². The molecule has 0 spiro atoms. The monoisotopic (exact) mass is 524 g/mol. The van der Waals surface area contributed by atoms with E-state index in [-0.39, 0.29) is 36.5 Å². The summed E-state index contributed by atoms with van der Waals surface area (Å²) in [6.07, 6.45) is 0. The molecule has 3 N–H and O–H groups in total. The van der Waals surface area contributed by atoms with Gasteiger partial charge in [-0.1, -0.05) is 68.4 Å². The molecule has 1 atom stereocenters. The van der Waals surface area contributed by atoms with E-state index in [1.54, 1.807) is 0 Å². The lowest BCUT2D eigenvalue weighted by Gasteiger charge is -2.20. The summed E-state index contributed by atoms with van der Waals surface area (Å²) in [6.45, 7) is 11.6. The lowest BCUT2D eigenvalue weighted by atomic mass is 10.0. The van der Waals surface area contributed by atoms with Crippen LogP contribution in [0.4, 0.5) is 0 Å². The van der Waals surface area contributed by atoms with Crippen molar-refractivity contribution in [2.45, 2.75) is 39.8 Å². The minimum atomic E-state index is 0. The summed E-state index contributed by atoms with van der Waals surface area (Å²) < 4.78 is 0. The van der Waals surface area contributed by atoms with Crippen LogP contribution in [0.25, 0.3) is 0 Å². The van der Waals surface area contributed by atoms with Crippen LogP contribution in [0.15, 0.2) is 59.6 Å². The van der Waals surface area contributed by atoms with Crippen molar-refractivity contribution >= 4 is 29.9 Å². The van der Waals surface area contributed by atoms with Crippen molar-refractivity contribution in [3.05, 3.63) is 71.3 Å². The molecule has 6 heteroatoms.